The third kappa shape index (κ3) is 4.50. The summed E-state index contributed by atoms with van der Waals surface area (Å²) in [5.74, 6) is 1.68. The summed E-state index contributed by atoms with van der Waals surface area (Å²) in [5.41, 5.74) is 5.62. The van der Waals surface area contributed by atoms with Crippen molar-refractivity contribution in [3.8, 4) is 11.5 Å². The minimum absolute atomic E-state index is 0.739. The summed E-state index contributed by atoms with van der Waals surface area (Å²) >= 11 is 0. The number of para-hydroxylation sites is 1. The number of hydrogen-bond donors (Lipinski definition) is 0. The van der Waals surface area contributed by atoms with E-state index in [1.54, 1.807) is 14.2 Å². The molecule has 3 aromatic carbocycles. The van der Waals surface area contributed by atoms with Gasteiger partial charge >= 0.3 is 0 Å². The third-order valence-corrected chi connectivity index (χ3v) is 7.84. The number of anilines is 2. The first-order chi connectivity index (χ1) is 16.0. The predicted octanol–water partition coefficient (Wildman–Crippen LogP) is 5.46. The molecular formula is C27H32N2O3S. The predicted molar refractivity (Wildman–Crippen MR) is 135 cm³/mol. The molecule has 174 valence electrons. The van der Waals surface area contributed by atoms with Crippen LogP contribution in [0.5, 0.6) is 11.5 Å². The van der Waals surface area contributed by atoms with E-state index in [1.165, 1.54) is 11.1 Å². The Morgan fingerprint density at radius 1 is 0.909 bits per heavy atom. The molecule has 0 aliphatic carbocycles. The number of methoxy groups -OCH3 is 2. The van der Waals surface area contributed by atoms with E-state index in [1.807, 2.05) is 42.5 Å². The molecule has 1 aliphatic rings. The van der Waals surface area contributed by atoms with Crippen LogP contribution in [-0.2, 0) is 17.3 Å². The maximum absolute atomic E-state index is 13.3. The molecule has 4 rings (SSSR count). The number of benzene rings is 3. The molecule has 6 heteroatoms. The van der Waals surface area contributed by atoms with Gasteiger partial charge in [-0.1, -0.05) is 24.3 Å². The van der Waals surface area contributed by atoms with Crippen LogP contribution in [0.3, 0.4) is 0 Å². The van der Waals surface area contributed by atoms with Crippen LogP contribution in [0.25, 0.3) is 0 Å². The molecule has 1 aliphatic heterocycles. The number of nitrogens with zero attached hydrogens (tertiary/aromatic N) is 2. The van der Waals surface area contributed by atoms with Gasteiger partial charge in [0.05, 0.1) is 51.7 Å². The van der Waals surface area contributed by atoms with Crippen molar-refractivity contribution in [1.29, 1.82) is 0 Å². The number of ether oxygens (including phenoxy) is 2. The number of aryl methyl sites for hydroxylation is 1. The van der Waals surface area contributed by atoms with Crippen LogP contribution in [0.15, 0.2) is 64.4 Å². The highest BCUT2D eigenvalue weighted by Gasteiger charge is 2.29. The molecular weight excluding hydrogens is 432 g/mol. The zero-order valence-corrected chi connectivity index (χ0v) is 20.9. The summed E-state index contributed by atoms with van der Waals surface area (Å²) in [7, 11) is 4.35. The van der Waals surface area contributed by atoms with Crippen LogP contribution in [0.1, 0.15) is 23.1 Å². The van der Waals surface area contributed by atoms with E-state index in [0.29, 0.717) is 0 Å². The Kier molecular flexibility index (Phi) is 7.05. The summed E-state index contributed by atoms with van der Waals surface area (Å²) in [4.78, 5) is 6.44. The molecule has 0 saturated carbocycles. The zero-order valence-electron chi connectivity index (χ0n) is 20.1. The first-order valence-corrected chi connectivity index (χ1v) is 12.4. The molecule has 0 aromatic heterocycles. The minimum Gasteiger partial charge on any atom is -0.496 e. The van der Waals surface area contributed by atoms with Crippen molar-refractivity contribution in [3.05, 3.63) is 71.3 Å². The van der Waals surface area contributed by atoms with Gasteiger partial charge in [-0.3, -0.25) is 0 Å². The topological polar surface area (TPSA) is 42.0 Å². The second kappa shape index (κ2) is 9.98. The molecule has 5 nitrogen and oxygen atoms in total. The maximum atomic E-state index is 13.3. The van der Waals surface area contributed by atoms with Gasteiger partial charge in [0.1, 0.15) is 11.5 Å². The van der Waals surface area contributed by atoms with E-state index < -0.39 is 10.8 Å². The van der Waals surface area contributed by atoms with Crippen LogP contribution in [0.4, 0.5) is 11.4 Å². The molecule has 0 amide bonds. The van der Waals surface area contributed by atoms with Crippen LogP contribution in [-0.4, -0.2) is 43.5 Å². The van der Waals surface area contributed by atoms with Crippen molar-refractivity contribution in [2.45, 2.75) is 36.6 Å². The van der Waals surface area contributed by atoms with E-state index in [9.17, 15) is 4.21 Å². The highest BCUT2D eigenvalue weighted by Crippen LogP contribution is 2.44. The Bertz CT molecular complexity index is 1160. The van der Waals surface area contributed by atoms with Gasteiger partial charge in [0.15, 0.2) is 0 Å². The summed E-state index contributed by atoms with van der Waals surface area (Å²) < 4.78 is 24.4. The molecule has 1 unspecified atom stereocenters. The quantitative estimate of drug-likeness (QED) is 0.443. The van der Waals surface area contributed by atoms with Crippen molar-refractivity contribution in [1.82, 2.24) is 4.90 Å². The molecule has 33 heavy (non-hydrogen) atoms. The van der Waals surface area contributed by atoms with E-state index >= 15 is 0 Å². The van der Waals surface area contributed by atoms with E-state index in [2.05, 4.69) is 42.8 Å². The lowest BCUT2D eigenvalue weighted by Gasteiger charge is -2.35. The average Bonchev–Trinajstić information content (AvgIpc) is 2.83. The van der Waals surface area contributed by atoms with Gasteiger partial charge in [-0.2, -0.15) is 0 Å². The van der Waals surface area contributed by atoms with Crippen molar-refractivity contribution in [3.63, 3.8) is 0 Å². The van der Waals surface area contributed by atoms with Gasteiger partial charge in [0, 0.05) is 13.1 Å². The molecule has 0 spiro atoms. The van der Waals surface area contributed by atoms with E-state index in [4.69, 9.17) is 9.47 Å². The van der Waals surface area contributed by atoms with Gasteiger partial charge < -0.3 is 19.3 Å². The highest BCUT2D eigenvalue weighted by molar-refractivity contribution is 7.85. The van der Waals surface area contributed by atoms with Crippen molar-refractivity contribution in [2.75, 3.05) is 39.3 Å². The van der Waals surface area contributed by atoms with E-state index in [-0.39, 0.29) is 0 Å². The standard InChI is InChI=1S/C27H32N2O3S/c1-19-14-15-26-27(20(19)2)29(22-10-6-7-13-25(22)33(26)30)17-9-16-28(3)18-21-23(31-4)11-8-12-24(21)32-5/h6-8,10-15H,9,16-18H2,1-5H3. The van der Waals surface area contributed by atoms with Crippen molar-refractivity contribution in [2.24, 2.45) is 0 Å². The second-order valence-corrected chi connectivity index (χ2v) is 9.89. The smallest absolute Gasteiger partial charge is 0.127 e. The molecule has 1 heterocycles. The van der Waals surface area contributed by atoms with Crippen molar-refractivity contribution < 1.29 is 13.7 Å². The molecule has 0 bridgehead atoms. The normalized spacial score (nSPS) is 14.7. The van der Waals surface area contributed by atoms with Crippen LogP contribution < -0.4 is 14.4 Å². The molecule has 0 N–H and O–H groups in total. The molecule has 0 fully saturated rings. The number of fused-ring (bicyclic) bond motifs is 2. The van der Waals surface area contributed by atoms with Gasteiger partial charge in [-0.15, -0.1) is 0 Å². The number of rotatable bonds is 8. The van der Waals surface area contributed by atoms with Crippen LogP contribution in [0.2, 0.25) is 0 Å². The SMILES string of the molecule is COc1cccc(OC)c1CN(C)CCCN1c2ccccc2S(=O)c2ccc(C)c(C)c21. The van der Waals surface area contributed by atoms with Gasteiger partial charge in [0.2, 0.25) is 0 Å². The summed E-state index contributed by atoms with van der Waals surface area (Å²) in [5, 5.41) is 0. The first kappa shape index (κ1) is 23.3. The lowest BCUT2D eigenvalue weighted by molar-refractivity contribution is 0.304. The lowest BCUT2D eigenvalue weighted by Crippen LogP contribution is -2.29. The Hall–Kier alpha value is -2.83. The van der Waals surface area contributed by atoms with Gasteiger partial charge in [0.25, 0.3) is 0 Å². The fourth-order valence-electron chi connectivity index (χ4n) is 4.50. The number of hydrogen-bond acceptors (Lipinski definition) is 5. The summed E-state index contributed by atoms with van der Waals surface area (Å²) in [6, 6.07) is 18.0. The fourth-order valence-corrected chi connectivity index (χ4v) is 5.94. The summed E-state index contributed by atoms with van der Waals surface area (Å²) in [6.07, 6.45) is 0.960. The van der Waals surface area contributed by atoms with Crippen LogP contribution in [0, 0.1) is 13.8 Å². The molecule has 0 saturated heterocycles. The van der Waals surface area contributed by atoms with E-state index in [0.717, 1.165) is 64.3 Å². The average molecular weight is 465 g/mol. The molecule has 3 aromatic rings. The Morgan fingerprint density at radius 2 is 1.61 bits per heavy atom. The second-order valence-electron chi connectivity index (χ2n) is 8.47. The Morgan fingerprint density at radius 3 is 2.30 bits per heavy atom. The highest BCUT2D eigenvalue weighted by atomic mass is 32.2. The maximum Gasteiger partial charge on any atom is 0.127 e. The van der Waals surface area contributed by atoms with Gasteiger partial charge in [-0.25, -0.2) is 4.21 Å². The Labute approximate surface area is 199 Å². The van der Waals surface area contributed by atoms with Gasteiger partial charge in [-0.05, 0) is 75.3 Å². The molecule has 1 atom stereocenters. The Balaban J connectivity index is 1.53. The summed E-state index contributed by atoms with van der Waals surface area (Å²) in [6.45, 7) is 6.74. The monoisotopic (exact) mass is 464 g/mol. The minimum atomic E-state index is -1.16. The van der Waals surface area contributed by atoms with Crippen molar-refractivity contribution >= 4 is 22.2 Å². The lowest BCUT2D eigenvalue weighted by atomic mass is 10.1. The van der Waals surface area contributed by atoms with Crippen LogP contribution >= 0.6 is 0 Å². The third-order valence-electron chi connectivity index (χ3n) is 6.37. The zero-order chi connectivity index (χ0) is 23.5. The fraction of sp³-hybridized carbons (Fsp3) is 0.333. The largest absolute Gasteiger partial charge is 0.496 e. The first-order valence-electron chi connectivity index (χ1n) is 11.2. The molecule has 0 radical (unpaired) electrons.